The first kappa shape index (κ1) is 15.4. The van der Waals surface area contributed by atoms with Crippen LogP contribution in [0.4, 0.5) is 0 Å². The molecule has 4 heteroatoms. The van der Waals surface area contributed by atoms with Crippen LogP contribution in [0.3, 0.4) is 0 Å². The average Bonchev–Trinajstić information content (AvgIpc) is 2.48. The lowest BCUT2D eigenvalue weighted by Crippen LogP contribution is -2.48. The van der Waals surface area contributed by atoms with Crippen LogP contribution in [-0.2, 0) is 11.3 Å². The van der Waals surface area contributed by atoms with E-state index in [-0.39, 0.29) is 6.10 Å². The molecule has 0 saturated carbocycles. The van der Waals surface area contributed by atoms with Gasteiger partial charge in [0.15, 0.2) is 0 Å². The van der Waals surface area contributed by atoms with Gasteiger partial charge in [-0.3, -0.25) is 9.80 Å². The van der Waals surface area contributed by atoms with Gasteiger partial charge in [-0.15, -0.1) is 0 Å². The van der Waals surface area contributed by atoms with E-state index in [9.17, 15) is 5.11 Å². The van der Waals surface area contributed by atoms with Crippen molar-refractivity contribution < 1.29 is 9.84 Å². The summed E-state index contributed by atoms with van der Waals surface area (Å²) in [4.78, 5) is 4.80. The average molecular weight is 278 g/mol. The second-order valence-corrected chi connectivity index (χ2v) is 5.38. The molecule has 0 spiro atoms. The summed E-state index contributed by atoms with van der Waals surface area (Å²) in [5.41, 5.74) is 1.37. The summed E-state index contributed by atoms with van der Waals surface area (Å²) in [6.07, 6.45) is -0.365. The first-order chi connectivity index (χ1) is 9.78. The summed E-state index contributed by atoms with van der Waals surface area (Å²) >= 11 is 0. The highest BCUT2D eigenvalue weighted by Crippen LogP contribution is 2.08. The normalized spacial score (nSPS) is 19.1. The number of hydrogen-bond donors (Lipinski definition) is 1. The minimum Gasteiger partial charge on any atom is -0.389 e. The third-order valence-corrected chi connectivity index (χ3v) is 3.70. The number of nitrogens with zero attached hydrogens (tertiary/aromatic N) is 2. The van der Waals surface area contributed by atoms with E-state index in [2.05, 4.69) is 40.1 Å². The third-order valence-electron chi connectivity index (χ3n) is 3.70. The van der Waals surface area contributed by atoms with Crippen molar-refractivity contribution in [2.75, 3.05) is 45.9 Å². The van der Waals surface area contributed by atoms with Gasteiger partial charge in [-0.1, -0.05) is 30.3 Å². The van der Waals surface area contributed by atoms with Crippen LogP contribution in [0.1, 0.15) is 12.5 Å². The van der Waals surface area contributed by atoms with Crippen molar-refractivity contribution in [3.05, 3.63) is 35.9 Å². The lowest BCUT2D eigenvalue weighted by Gasteiger charge is -2.35. The van der Waals surface area contributed by atoms with Gasteiger partial charge in [-0.2, -0.15) is 0 Å². The van der Waals surface area contributed by atoms with Gasteiger partial charge in [0.25, 0.3) is 0 Å². The maximum Gasteiger partial charge on any atom is 0.0900 e. The summed E-state index contributed by atoms with van der Waals surface area (Å²) in [7, 11) is 0. The van der Waals surface area contributed by atoms with Gasteiger partial charge in [0.05, 0.1) is 12.7 Å². The maximum atomic E-state index is 9.85. The standard InChI is InChI=1S/C16H26N2O2/c1-2-20-14-16(19)13-18-10-8-17(9-11-18)12-15-6-4-3-5-7-15/h3-7,16,19H,2,8-14H2,1H3. The Morgan fingerprint density at radius 3 is 2.40 bits per heavy atom. The number of ether oxygens (including phenoxy) is 1. The van der Waals surface area contributed by atoms with Crippen LogP contribution in [0.2, 0.25) is 0 Å². The Bertz CT molecular complexity index is 364. The molecule has 1 fully saturated rings. The fraction of sp³-hybridized carbons (Fsp3) is 0.625. The Morgan fingerprint density at radius 2 is 1.75 bits per heavy atom. The lowest BCUT2D eigenvalue weighted by atomic mass is 10.2. The van der Waals surface area contributed by atoms with Crippen molar-refractivity contribution in [1.29, 1.82) is 0 Å². The minimum absolute atomic E-state index is 0.365. The molecule has 0 bridgehead atoms. The Balaban J connectivity index is 1.67. The van der Waals surface area contributed by atoms with Crippen LogP contribution in [0, 0.1) is 0 Å². The van der Waals surface area contributed by atoms with E-state index in [1.165, 1.54) is 5.56 Å². The largest absolute Gasteiger partial charge is 0.389 e. The fourth-order valence-electron chi connectivity index (χ4n) is 2.58. The molecular weight excluding hydrogens is 252 g/mol. The number of β-amino-alcohol motifs (C(OH)–C–C–N with tert-alkyl or cyclic N) is 1. The van der Waals surface area contributed by atoms with Gasteiger partial charge >= 0.3 is 0 Å². The topological polar surface area (TPSA) is 35.9 Å². The molecule has 1 saturated heterocycles. The van der Waals surface area contributed by atoms with Gasteiger partial charge in [0, 0.05) is 45.9 Å². The third kappa shape index (κ3) is 5.21. The Morgan fingerprint density at radius 1 is 1.10 bits per heavy atom. The van der Waals surface area contributed by atoms with Crippen LogP contribution >= 0.6 is 0 Å². The van der Waals surface area contributed by atoms with Crippen LogP contribution in [0.25, 0.3) is 0 Å². The van der Waals surface area contributed by atoms with Gasteiger partial charge in [0.2, 0.25) is 0 Å². The molecular formula is C16H26N2O2. The molecule has 20 heavy (non-hydrogen) atoms. The number of aliphatic hydroxyl groups excluding tert-OH is 1. The van der Waals surface area contributed by atoms with Crippen molar-refractivity contribution in [2.24, 2.45) is 0 Å². The first-order valence-electron chi connectivity index (χ1n) is 7.52. The van der Waals surface area contributed by atoms with E-state index in [1.54, 1.807) is 0 Å². The van der Waals surface area contributed by atoms with E-state index >= 15 is 0 Å². The fourth-order valence-corrected chi connectivity index (χ4v) is 2.58. The summed E-state index contributed by atoms with van der Waals surface area (Å²) in [6, 6.07) is 10.6. The molecule has 1 unspecified atom stereocenters. The zero-order chi connectivity index (χ0) is 14.2. The molecule has 0 amide bonds. The molecule has 2 rings (SSSR count). The van der Waals surface area contributed by atoms with Crippen LogP contribution in [0.15, 0.2) is 30.3 Å². The molecule has 1 heterocycles. The second-order valence-electron chi connectivity index (χ2n) is 5.38. The molecule has 0 radical (unpaired) electrons. The van der Waals surface area contributed by atoms with Crippen LogP contribution in [-0.4, -0.2) is 66.9 Å². The molecule has 112 valence electrons. The highest BCUT2D eigenvalue weighted by molar-refractivity contribution is 5.14. The van der Waals surface area contributed by atoms with Gasteiger partial charge in [-0.25, -0.2) is 0 Å². The predicted molar refractivity (Wildman–Crippen MR) is 80.7 cm³/mol. The molecule has 0 aromatic heterocycles. The highest BCUT2D eigenvalue weighted by Gasteiger charge is 2.19. The lowest BCUT2D eigenvalue weighted by molar-refractivity contribution is 0.0101. The van der Waals surface area contributed by atoms with Crippen LogP contribution in [0.5, 0.6) is 0 Å². The number of rotatable bonds is 7. The quantitative estimate of drug-likeness (QED) is 0.813. The minimum atomic E-state index is -0.365. The predicted octanol–water partition coefficient (Wildman–Crippen LogP) is 1.20. The molecule has 1 aromatic carbocycles. The molecule has 1 aliphatic heterocycles. The molecule has 0 aliphatic carbocycles. The van der Waals surface area contributed by atoms with Crippen molar-refractivity contribution in [2.45, 2.75) is 19.6 Å². The van der Waals surface area contributed by atoms with E-state index in [0.29, 0.717) is 13.2 Å². The zero-order valence-electron chi connectivity index (χ0n) is 12.4. The number of benzene rings is 1. The SMILES string of the molecule is CCOCC(O)CN1CCN(Cc2ccccc2)CC1. The van der Waals surface area contributed by atoms with Gasteiger partial charge in [-0.05, 0) is 12.5 Å². The van der Waals surface area contributed by atoms with E-state index in [0.717, 1.165) is 39.3 Å². The van der Waals surface area contributed by atoms with E-state index < -0.39 is 0 Å². The first-order valence-corrected chi connectivity index (χ1v) is 7.52. The highest BCUT2D eigenvalue weighted by atomic mass is 16.5. The van der Waals surface area contributed by atoms with Crippen LogP contribution < -0.4 is 0 Å². The molecule has 1 N–H and O–H groups in total. The van der Waals surface area contributed by atoms with Crippen molar-refractivity contribution in [3.63, 3.8) is 0 Å². The Labute approximate surface area is 122 Å². The second kappa shape index (κ2) is 8.37. The van der Waals surface area contributed by atoms with Gasteiger partial charge in [0.1, 0.15) is 0 Å². The van der Waals surface area contributed by atoms with Crippen molar-refractivity contribution in [3.8, 4) is 0 Å². The molecule has 4 nitrogen and oxygen atoms in total. The number of piperazine rings is 1. The van der Waals surface area contributed by atoms with E-state index in [4.69, 9.17) is 4.74 Å². The van der Waals surface area contributed by atoms with E-state index in [1.807, 2.05) is 6.92 Å². The summed E-state index contributed by atoms with van der Waals surface area (Å²) < 4.78 is 5.25. The summed E-state index contributed by atoms with van der Waals surface area (Å²) in [5, 5.41) is 9.85. The molecule has 1 aromatic rings. The zero-order valence-corrected chi connectivity index (χ0v) is 12.4. The smallest absolute Gasteiger partial charge is 0.0900 e. The monoisotopic (exact) mass is 278 g/mol. The molecule has 1 atom stereocenters. The Hall–Kier alpha value is -0.940. The maximum absolute atomic E-state index is 9.85. The summed E-state index contributed by atoms with van der Waals surface area (Å²) in [6.45, 7) is 8.99. The van der Waals surface area contributed by atoms with Crippen molar-refractivity contribution >= 4 is 0 Å². The van der Waals surface area contributed by atoms with Crippen molar-refractivity contribution in [1.82, 2.24) is 9.80 Å². The molecule has 1 aliphatic rings. The number of aliphatic hydroxyl groups is 1. The Kier molecular flexibility index (Phi) is 6.47. The number of hydrogen-bond acceptors (Lipinski definition) is 4. The summed E-state index contributed by atoms with van der Waals surface area (Å²) in [5.74, 6) is 0. The van der Waals surface area contributed by atoms with Gasteiger partial charge < -0.3 is 9.84 Å².